The highest BCUT2D eigenvalue weighted by molar-refractivity contribution is 6.00. The Morgan fingerprint density at radius 2 is 2.16 bits per heavy atom. The Bertz CT molecular complexity index is 588. The Morgan fingerprint density at radius 1 is 1.32 bits per heavy atom. The van der Waals surface area contributed by atoms with E-state index in [9.17, 15) is 4.79 Å². The van der Waals surface area contributed by atoms with Gasteiger partial charge in [0.2, 0.25) is 0 Å². The van der Waals surface area contributed by atoms with Gasteiger partial charge in [0.25, 0.3) is 0 Å². The summed E-state index contributed by atoms with van der Waals surface area (Å²) in [6, 6.07) is 10.7. The number of benzene rings is 1. The first-order valence-electron chi connectivity index (χ1n) is 5.73. The van der Waals surface area contributed by atoms with Crippen LogP contribution in [0.15, 0.2) is 52.2 Å². The average Bonchev–Trinajstić information content (AvgIpc) is 2.98. The summed E-state index contributed by atoms with van der Waals surface area (Å²) < 4.78 is 10.1. The molecule has 2 aromatic rings. The molecular weight excluding hydrogens is 244 g/mol. The van der Waals surface area contributed by atoms with E-state index in [1.165, 1.54) is 6.26 Å². The summed E-state index contributed by atoms with van der Waals surface area (Å²) >= 11 is 0. The minimum atomic E-state index is -0.382. The van der Waals surface area contributed by atoms with Crippen molar-refractivity contribution in [2.75, 3.05) is 7.11 Å². The normalized spacial score (nSPS) is 11.2. The summed E-state index contributed by atoms with van der Waals surface area (Å²) in [6.07, 6.45) is 1.44. The number of nitrogens with one attached hydrogen (secondary N) is 1. The predicted molar refractivity (Wildman–Crippen MR) is 71.4 cm³/mol. The molecule has 19 heavy (non-hydrogen) atoms. The van der Waals surface area contributed by atoms with Crippen molar-refractivity contribution in [3.8, 4) is 5.75 Å². The molecule has 0 unspecified atom stereocenters. The van der Waals surface area contributed by atoms with Crippen LogP contribution in [0.25, 0.3) is 0 Å². The molecule has 0 bridgehead atoms. The number of methoxy groups -OCH3 is 1. The lowest BCUT2D eigenvalue weighted by Crippen LogP contribution is -2.18. The van der Waals surface area contributed by atoms with Gasteiger partial charge in [0.1, 0.15) is 5.75 Å². The lowest BCUT2D eigenvalue weighted by molar-refractivity contribution is 0.0927. The number of hydrazone groups is 1. The zero-order valence-corrected chi connectivity index (χ0v) is 10.7. The second-order valence-corrected chi connectivity index (χ2v) is 3.85. The lowest BCUT2D eigenvalue weighted by atomic mass is 10.1. The predicted octanol–water partition coefficient (Wildman–Crippen LogP) is 2.44. The minimum absolute atomic E-state index is 0.224. The molecule has 0 aliphatic rings. The van der Waals surface area contributed by atoms with Crippen molar-refractivity contribution in [2.24, 2.45) is 5.10 Å². The van der Waals surface area contributed by atoms with Crippen molar-refractivity contribution >= 4 is 11.6 Å². The summed E-state index contributed by atoms with van der Waals surface area (Å²) in [5.41, 5.74) is 3.99. The van der Waals surface area contributed by atoms with E-state index >= 15 is 0 Å². The summed E-state index contributed by atoms with van der Waals surface area (Å²) in [5.74, 6) is 0.582. The van der Waals surface area contributed by atoms with Crippen LogP contribution in [0.2, 0.25) is 0 Å². The molecule has 1 N–H and O–H groups in total. The van der Waals surface area contributed by atoms with Gasteiger partial charge in [-0.05, 0) is 31.2 Å². The fourth-order valence-corrected chi connectivity index (χ4v) is 1.51. The Balaban J connectivity index is 2.08. The Kier molecular flexibility index (Phi) is 3.97. The number of hydrogen-bond donors (Lipinski definition) is 1. The molecule has 0 saturated heterocycles. The number of carbonyl (C=O) groups excluding carboxylic acids is 1. The van der Waals surface area contributed by atoms with Gasteiger partial charge < -0.3 is 9.15 Å². The largest absolute Gasteiger partial charge is 0.497 e. The number of ether oxygens (including phenoxy) is 1. The van der Waals surface area contributed by atoms with Gasteiger partial charge in [-0.2, -0.15) is 5.10 Å². The van der Waals surface area contributed by atoms with Crippen LogP contribution < -0.4 is 10.2 Å². The van der Waals surface area contributed by atoms with Gasteiger partial charge in [-0.3, -0.25) is 4.79 Å². The van der Waals surface area contributed by atoms with E-state index in [0.29, 0.717) is 5.71 Å². The van der Waals surface area contributed by atoms with E-state index < -0.39 is 0 Å². The van der Waals surface area contributed by atoms with Crippen LogP contribution in [0.1, 0.15) is 23.0 Å². The Morgan fingerprint density at radius 3 is 2.84 bits per heavy atom. The molecule has 1 aromatic carbocycles. The topological polar surface area (TPSA) is 63.8 Å². The number of carbonyl (C=O) groups is 1. The van der Waals surface area contributed by atoms with Gasteiger partial charge in [-0.1, -0.05) is 12.1 Å². The van der Waals surface area contributed by atoms with Gasteiger partial charge >= 0.3 is 5.91 Å². The summed E-state index contributed by atoms with van der Waals surface area (Å²) in [5, 5.41) is 4.03. The van der Waals surface area contributed by atoms with Crippen molar-refractivity contribution < 1.29 is 13.9 Å². The van der Waals surface area contributed by atoms with Gasteiger partial charge in [-0.15, -0.1) is 0 Å². The quantitative estimate of drug-likeness (QED) is 0.676. The molecule has 0 spiro atoms. The van der Waals surface area contributed by atoms with E-state index in [-0.39, 0.29) is 11.7 Å². The number of furan rings is 1. The van der Waals surface area contributed by atoms with Crippen LogP contribution in [0.3, 0.4) is 0 Å². The molecule has 1 amide bonds. The highest BCUT2D eigenvalue weighted by Gasteiger charge is 2.07. The van der Waals surface area contributed by atoms with Crippen molar-refractivity contribution in [1.82, 2.24) is 5.43 Å². The van der Waals surface area contributed by atoms with Crippen LogP contribution >= 0.6 is 0 Å². The molecule has 0 atom stereocenters. The van der Waals surface area contributed by atoms with E-state index in [2.05, 4.69) is 10.5 Å². The standard InChI is InChI=1S/C14H14N2O3/c1-10(11-5-3-6-12(9-11)18-2)15-16-14(17)13-7-4-8-19-13/h3-9H,1-2H3,(H,16,17)/b15-10-. The molecule has 0 fully saturated rings. The van der Waals surface area contributed by atoms with Gasteiger partial charge in [0, 0.05) is 5.56 Å². The first-order valence-corrected chi connectivity index (χ1v) is 5.73. The first kappa shape index (κ1) is 12.9. The van der Waals surface area contributed by atoms with Crippen molar-refractivity contribution in [3.63, 3.8) is 0 Å². The van der Waals surface area contributed by atoms with E-state index in [1.807, 2.05) is 24.3 Å². The maximum atomic E-state index is 11.6. The van der Waals surface area contributed by atoms with E-state index in [0.717, 1.165) is 11.3 Å². The van der Waals surface area contributed by atoms with Crippen LogP contribution in [0.5, 0.6) is 5.75 Å². The Labute approximate surface area is 110 Å². The number of hydrogen-bond acceptors (Lipinski definition) is 4. The molecule has 1 aromatic heterocycles. The third-order valence-electron chi connectivity index (χ3n) is 2.56. The fraction of sp³-hybridized carbons (Fsp3) is 0.143. The third-order valence-corrected chi connectivity index (χ3v) is 2.56. The summed E-state index contributed by atoms with van der Waals surface area (Å²) in [6.45, 7) is 1.80. The molecule has 1 heterocycles. The second kappa shape index (κ2) is 5.86. The Hall–Kier alpha value is -2.56. The van der Waals surface area contributed by atoms with E-state index in [1.54, 1.807) is 26.2 Å². The molecular formula is C14H14N2O3. The third kappa shape index (κ3) is 3.22. The number of rotatable bonds is 4. The average molecular weight is 258 g/mol. The number of nitrogens with zero attached hydrogens (tertiary/aromatic N) is 1. The fourth-order valence-electron chi connectivity index (χ4n) is 1.51. The van der Waals surface area contributed by atoms with Gasteiger partial charge in [0.05, 0.1) is 19.1 Å². The molecule has 0 aliphatic heterocycles. The zero-order chi connectivity index (χ0) is 13.7. The van der Waals surface area contributed by atoms with Crippen molar-refractivity contribution in [1.29, 1.82) is 0 Å². The molecule has 2 rings (SSSR count). The monoisotopic (exact) mass is 258 g/mol. The highest BCUT2D eigenvalue weighted by Crippen LogP contribution is 2.13. The van der Waals surface area contributed by atoms with E-state index in [4.69, 9.17) is 9.15 Å². The lowest BCUT2D eigenvalue weighted by Gasteiger charge is -2.04. The maximum absolute atomic E-state index is 11.6. The van der Waals surface area contributed by atoms with Crippen LogP contribution in [0, 0.1) is 0 Å². The minimum Gasteiger partial charge on any atom is -0.497 e. The molecule has 5 heteroatoms. The molecule has 5 nitrogen and oxygen atoms in total. The smallest absolute Gasteiger partial charge is 0.307 e. The van der Waals surface area contributed by atoms with Crippen molar-refractivity contribution in [2.45, 2.75) is 6.92 Å². The summed E-state index contributed by atoms with van der Waals surface area (Å²) in [4.78, 5) is 11.6. The van der Waals surface area contributed by atoms with Gasteiger partial charge in [0.15, 0.2) is 5.76 Å². The SMILES string of the molecule is COc1cccc(/C(C)=N\NC(=O)c2ccco2)c1. The maximum Gasteiger partial charge on any atom is 0.307 e. The van der Waals surface area contributed by atoms with Gasteiger partial charge in [-0.25, -0.2) is 5.43 Å². The molecule has 0 aliphatic carbocycles. The van der Waals surface area contributed by atoms with Crippen LogP contribution in [-0.4, -0.2) is 18.7 Å². The highest BCUT2D eigenvalue weighted by atomic mass is 16.5. The molecule has 0 saturated carbocycles. The molecule has 0 radical (unpaired) electrons. The second-order valence-electron chi connectivity index (χ2n) is 3.85. The van der Waals surface area contributed by atoms with Crippen molar-refractivity contribution in [3.05, 3.63) is 54.0 Å². The first-order chi connectivity index (χ1) is 9.20. The van der Waals surface area contributed by atoms with Crippen LogP contribution in [0.4, 0.5) is 0 Å². The summed E-state index contributed by atoms with van der Waals surface area (Å²) in [7, 11) is 1.60. The zero-order valence-electron chi connectivity index (χ0n) is 10.7. The number of amides is 1. The molecule has 98 valence electrons. The van der Waals surface area contributed by atoms with Crippen LogP contribution in [-0.2, 0) is 0 Å².